The summed E-state index contributed by atoms with van der Waals surface area (Å²) < 4.78 is 80.9. The van der Waals surface area contributed by atoms with E-state index in [0.29, 0.717) is 0 Å². The van der Waals surface area contributed by atoms with Gasteiger partial charge in [-0.1, -0.05) is 0 Å². The Bertz CT molecular complexity index is 2190. The maximum atomic E-state index is 12.5. The quantitative estimate of drug-likeness (QED) is 0.0436. The number of ether oxygens (including phenoxy) is 14. The standard InChI is InChI=1S/C48H82N4O36/c49-48(50)51-3-1-2-11(40(73)74)52-4-12-33-19(59)26(66)41(75-12)83-34-13(5-53)77-43(28(68)21(34)61)85-36-15(7-55)79-45(30(70)23(36)63)87-38-17(9-57)81-47(32(72)25(38)65)88-39-18(10-58)80-46(31(71)24(39)64)86-37-16(8-56)78-44(29(69)22(37)62)84-35-14(6-54)76-42(82-33)27(67)20(35)60/h11-39,41-47,52-72H,1-10H2,(H,73,74)(H4,49,50,51)/t11-,12+,13+,14+,15+,16+,17+,18+,19+,20+,21+,22+,23+,24+,25+,26+,27+,28+,29+,30+,31+,32+,33+,34+,35+,36+,37+,38+,39+,41+,42+,43+,44+,45+,46+,47+/m0/s1. The topological polar surface area (TPSA) is 648 Å². The first-order chi connectivity index (χ1) is 41.8. The molecule has 0 spiro atoms. The summed E-state index contributed by atoms with van der Waals surface area (Å²) in [5, 5.41) is 236. The summed E-state index contributed by atoms with van der Waals surface area (Å²) in [7, 11) is 0. The fourth-order valence-corrected chi connectivity index (χ4v) is 11.5. The van der Waals surface area contributed by atoms with Crippen LogP contribution in [0.25, 0.3) is 0 Å². The molecule has 21 saturated heterocycles. The fourth-order valence-electron chi connectivity index (χ4n) is 11.5. The lowest BCUT2D eigenvalue weighted by Gasteiger charge is -2.50. The predicted molar refractivity (Wildman–Crippen MR) is 271 cm³/mol. The van der Waals surface area contributed by atoms with E-state index in [-0.39, 0.29) is 25.3 Å². The number of aliphatic carboxylic acids is 1. The van der Waals surface area contributed by atoms with E-state index in [1.165, 1.54) is 0 Å². The highest BCUT2D eigenvalue weighted by Gasteiger charge is 2.59. The molecule has 40 nitrogen and oxygen atoms in total. The fraction of sp³-hybridized carbons (Fsp3) is 0.958. The number of nitrogens with two attached hydrogens (primary N) is 2. The van der Waals surface area contributed by atoms with Crippen LogP contribution in [0, 0.1) is 0 Å². The summed E-state index contributed by atoms with van der Waals surface area (Å²) in [6.45, 7) is -7.17. The van der Waals surface area contributed by atoms with Crippen molar-refractivity contribution < 1.29 is 178 Å². The van der Waals surface area contributed by atoms with E-state index in [1.54, 1.807) is 0 Å². The van der Waals surface area contributed by atoms with Crippen molar-refractivity contribution in [3.8, 4) is 0 Å². The summed E-state index contributed by atoms with van der Waals surface area (Å²) in [6, 6.07) is -1.43. The molecule has 21 rings (SSSR count). The molecule has 26 N–H and O–H groups in total. The summed E-state index contributed by atoms with van der Waals surface area (Å²) in [4.78, 5) is 16.3. The molecule has 21 aliphatic heterocycles. The number of nitrogens with zero attached hydrogens (tertiary/aromatic N) is 1. The maximum absolute atomic E-state index is 12.5. The van der Waals surface area contributed by atoms with Crippen LogP contribution in [0.3, 0.4) is 0 Å². The Hall–Kier alpha value is -2.66. The second kappa shape index (κ2) is 31.1. The average molecular weight is 1290 g/mol. The van der Waals surface area contributed by atoms with Crippen molar-refractivity contribution in [2.24, 2.45) is 16.5 Å². The molecule has 0 amide bonds. The highest BCUT2D eigenvalue weighted by Crippen LogP contribution is 2.39. The van der Waals surface area contributed by atoms with Gasteiger partial charge < -0.3 is 190 Å². The second-order valence-corrected chi connectivity index (χ2v) is 22.2. The van der Waals surface area contributed by atoms with Gasteiger partial charge in [-0.2, -0.15) is 0 Å². The van der Waals surface area contributed by atoms with Gasteiger partial charge in [-0.25, -0.2) is 0 Å². The summed E-state index contributed by atoms with van der Waals surface area (Å²) in [6.07, 6.45) is -72.1. The van der Waals surface area contributed by atoms with Gasteiger partial charge in [0, 0.05) is 13.1 Å². The minimum absolute atomic E-state index is 0.0129. The molecule has 88 heavy (non-hydrogen) atoms. The minimum Gasteiger partial charge on any atom is -0.480 e. The SMILES string of the molecule is NC(N)=NCCC[C@H](NC[C@H]1O[C@@H]2O[C@H]3[C@H](O)[C@@H](O)[C@@H](O[C@H]4[C@H](O)[C@@H](O)[C@@H](O[C@H]5[C@H](O)[C@@H](O)[C@@H](O[C@H]6[C@H](O)[C@@H](O)[C@@H](O[C@H]7[C@H](O)[C@@H](O)[C@@H](O[C@H]8[C@H](O)[C@@H](O)[C@@H](O[C@H]1[C@H](O)[C@H]2O)O[C@@H]8CO)O[C@@H]7CO)O[C@@H]6CO)O[C@@H]5CO)O[C@@H]4CO)O[C@@H]3CO)C(=O)O. The largest absolute Gasteiger partial charge is 0.480 e. The van der Waals surface area contributed by atoms with Crippen LogP contribution in [0.5, 0.6) is 0 Å². The molecule has 510 valence electrons. The molecule has 0 aromatic carbocycles. The zero-order chi connectivity index (χ0) is 64.3. The third-order valence-electron chi connectivity index (χ3n) is 16.4. The smallest absolute Gasteiger partial charge is 0.320 e. The Balaban J connectivity index is 1.10. The van der Waals surface area contributed by atoms with Gasteiger partial charge >= 0.3 is 5.97 Å². The van der Waals surface area contributed by atoms with Crippen molar-refractivity contribution in [3.05, 3.63) is 0 Å². The molecular formula is C48H82N4O36. The van der Waals surface area contributed by atoms with E-state index < -0.39 is 273 Å². The predicted octanol–water partition coefficient (Wildman–Crippen LogP) is -16.1. The molecule has 14 bridgehead atoms. The highest BCUT2D eigenvalue weighted by atomic mass is 16.8. The molecule has 0 aromatic rings. The first-order valence-electron chi connectivity index (χ1n) is 28.2. The van der Waals surface area contributed by atoms with Crippen LogP contribution in [0.1, 0.15) is 12.8 Å². The maximum Gasteiger partial charge on any atom is 0.320 e. The Kier molecular flexibility index (Phi) is 25.1. The van der Waals surface area contributed by atoms with Crippen molar-refractivity contribution in [2.75, 3.05) is 52.7 Å². The van der Waals surface area contributed by atoms with Gasteiger partial charge in [0.05, 0.1) is 39.6 Å². The van der Waals surface area contributed by atoms with Gasteiger partial charge in [-0.05, 0) is 12.8 Å². The number of hydrogen-bond acceptors (Lipinski definition) is 37. The molecule has 40 heteroatoms. The number of aliphatic hydroxyl groups is 20. The van der Waals surface area contributed by atoms with Gasteiger partial charge in [0.2, 0.25) is 0 Å². The Morgan fingerprint density at radius 1 is 0.341 bits per heavy atom. The summed E-state index contributed by atoms with van der Waals surface area (Å²) in [5.74, 6) is -1.70. The Morgan fingerprint density at radius 3 is 0.739 bits per heavy atom. The normalized spacial score (nSPS) is 50.2. The number of nitrogens with one attached hydrogen (secondary N) is 1. The third kappa shape index (κ3) is 15.1. The summed E-state index contributed by atoms with van der Waals surface area (Å²) >= 11 is 0. The lowest BCUT2D eigenvalue weighted by atomic mass is 9.95. The Morgan fingerprint density at radius 2 is 0.545 bits per heavy atom. The third-order valence-corrected chi connectivity index (χ3v) is 16.4. The van der Waals surface area contributed by atoms with Crippen molar-refractivity contribution in [2.45, 2.75) is 234 Å². The van der Waals surface area contributed by atoms with E-state index >= 15 is 0 Å². The number of hydrogen-bond donors (Lipinski definition) is 24. The highest BCUT2D eigenvalue weighted by molar-refractivity contribution is 5.75. The molecule has 21 heterocycles. The molecule has 0 radical (unpaired) electrons. The van der Waals surface area contributed by atoms with Crippen LogP contribution >= 0.6 is 0 Å². The van der Waals surface area contributed by atoms with Crippen LogP contribution in [-0.4, -0.2) is 393 Å². The van der Waals surface area contributed by atoms with Crippen molar-refractivity contribution >= 4 is 11.9 Å². The first kappa shape index (κ1) is 71.2. The van der Waals surface area contributed by atoms with Crippen LogP contribution < -0.4 is 16.8 Å². The van der Waals surface area contributed by atoms with E-state index in [1.807, 2.05) is 0 Å². The molecular weight excluding hydrogens is 1210 g/mol. The summed E-state index contributed by atoms with van der Waals surface area (Å²) in [5.41, 5.74) is 10.8. The number of rotatable bonds is 14. The van der Waals surface area contributed by atoms with E-state index in [9.17, 15) is 112 Å². The van der Waals surface area contributed by atoms with Gasteiger partial charge in [-0.3, -0.25) is 9.79 Å². The van der Waals surface area contributed by atoms with Crippen molar-refractivity contribution in [1.29, 1.82) is 0 Å². The van der Waals surface area contributed by atoms with Crippen molar-refractivity contribution in [3.63, 3.8) is 0 Å². The molecule has 0 aromatic heterocycles. The van der Waals surface area contributed by atoms with Gasteiger partial charge in [0.25, 0.3) is 0 Å². The van der Waals surface area contributed by atoms with E-state index in [0.717, 1.165) is 0 Å². The van der Waals surface area contributed by atoms with Crippen LogP contribution in [-0.2, 0) is 71.1 Å². The number of carboxylic acids is 1. The van der Waals surface area contributed by atoms with Crippen LogP contribution in [0.4, 0.5) is 0 Å². The molecule has 21 fully saturated rings. The molecule has 21 aliphatic rings. The Labute approximate surface area is 497 Å². The number of aliphatic hydroxyl groups excluding tert-OH is 20. The zero-order valence-corrected chi connectivity index (χ0v) is 46.5. The second-order valence-electron chi connectivity index (χ2n) is 22.2. The number of aliphatic imine (C=N–C) groups is 1. The van der Waals surface area contributed by atoms with Crippen molar-refractivity contribution in [1.82, 2.24) is 5.32 Å². The average Bonchev–Trinajstić information content (AvgIpc) is 1.62. The minimum atomic E-state index is -2.30. The number of carboxylic acid groups (broad SMARTS) is 1. The van der Waals surface area contributed by atoms with Gasteiger partial charge in [0.15, 0.2) is 50.0 Å². The molecule has 0 unspecified atom stereocenters. The van der Waals surface area contributed by atoms with Gasteiger partial charge in [-0.15, -0.1) is 0 Å². The van der Waals surface area contributed by atoms with Crippen LogP contribution in [0.15, 0.2) is 4.99 Å². The van der Waals surface area contributed by atoms with E-state index in [2.05, 4.69) is 10.3 Å². The zero-order valence-electron chi connectivity index (χ0n) is 46.5. The number of guanidine groups is 1. The lowest BCUT2D eigenvalue weighted by Crippen LogP contribution is -2.68. The first-order valence-corrected chi connectivity index (χ1v) is 28.2. The monoisotopic (exact) mass is 1290 g/mol. The molecule has 0 saturated carbocycles. The molecule has 36 atom stereocenters. The number of carbonyl (C=O) groups is 1. The van der Waals surface area contributed by atoms with E-state index in [4.69, 9.17) is 77.8 Å². The molecule has 0 aliphatic carbocycles. The lowest BCUT2D eigenvalue weighted by molar-refractivity contribution is -0.396. The van der Waals surface area contributed by atoms with Gasteiger partial charge in [0.1, 0.15) is 177 Å². The van der Waals surface area contributed by atoms with Crippen LogP contribution in [0.2, 0.25) is 0 Å².